The maximum atomic E-state index is 14.0. The Bertz CT molecular complexity index is 1030. The van der Waals surface area contributed by atoms with Crippen molar-refractivity contribution in [3.8, 4) is 5.69 Å². The van der Waals surface area contributed by atoms with Crippen LogP contribution in [0.1, 0.15) is 22.5 Å². The van der Waals surface area contributed by atoms with Crippen LogP contribution >= 0.6 is 12.4 Å². The van der Waals surface area contributed by atoms with E-state index >= 15 is 0 Å². The maximum Gasteiger partial charge on any atom is 0.167 e. The van der Waals surface area contributed by atoms with Crippen LogP contribution in [-0.4, -0.2) is 53.2 Å². The van der Waals surface area contributed by atoms with Crippen LogP contribution < -0.4 is 4.90 Å². The molecule has 0 bridgehead atoms. The van der Waals surface area contributed by atoms with Crippen molar-refractivity contribution in [2.75, 3.05) is 37.6 Å². The number of carbonyl (C=O) groups excluding carboxylic acids is 1. The summed E-state index contributed by atoms with van der Waals surface area (Å²) in [5, 5.41) is 4.30. The van der Waals surface area contributed by atoms with E-state index in [2.05, 4.69) is 10.00 Å². The molecule has 1 aliphatic rings. The van der Waals surface area contributed by atoms with Gasteiger partial charge < -0.3 is 4.90 Å². The van der Waals surface area contributed by atoms with E-state index in [9.17, 15) is 13.6 Å². The largest absolute Gasteiger partial charge is 0.367 e. The summed E-state index contributed by atoms with van der Waals surface area (Å²) in [5.41, 5.74) is 2.69. The van der Waals surface area contributed by atoms with Crippen LogP contribution in [0.5, 0.6) is 0 Å². The minimum Gasteiger partial charge on any atom is -0.367 e. The van der Waals surface area contributed by atoms with Gasteiger partial charge >= 0.3 is 0 Å². The molecule has 0 amide bonds. The van der Waals surface area contributed by atoms with Crippen molar-refractivity contribution in [2.24, 2.45) is 0 Å². The number of Topliss-reactive ketones (excluding diaryl/α,β-unsaturated/α-hetero) is 1. The first-order valence-corrected chi connectivity index (χ1v) is 10.1. The van der Waals surface area contributed by atoms with Gasteiger partial charge in [-0.1, -0.05) is 12.1 Å². The lowest BCUT2D eigenvalue weighted by Gasteiger charge is -2.36. The van der Waals surface area contributed by atoms with Gasteiger partial charge in [0.25, 0.3) is 0 Å². The Hall–Kier alpha value is -2.77. The van der Waals surface area contributed by atoms with Gasteiger partial charge in [0.1, 0.15) is 11.6 Å². The van der Waals surface area contributed by atoms with Gasteiger partial charge in [0.15, 0.2) is 5.78 Å². The molecule has 0 spiro atoms. The Morgan fingerprint density at radius 1 is 1.00 bits per heavy atom. The monoisotopic (exact) mass is 446 g/mol. The average Bonchev–Trinajstić information content (AvgIpc) is 3.15. The number of aromatic nitrogens is 2. The van der Waals surface area contributed by atoms with Gasteiger partial charge in [0, 0.05) is 39.1 Å². The summed E-state index contributed by atoms with van der Waals surface area (Å²) in [5.74, 6) is -0.470. The number of anilines is 1. The molecule has 0 unspecified atom stereocenters. The summed E-state index contributed by atoms with van der Waals surface area (Å²) in [6.07, 6.45) is 1.98. The third-order valence-electron chi connectivity index (χ3n) is 5.60. The third-order valence-corrected chi connectivity index (χ3v) is 5.60. The fraction of sp³-hybridized carbons (Fsp3) is 0.304. The second-order valence-corrected chi connectivity index (χ2v) is 7.49. The second kappa shape index (κ2) is 10.0. The second-order valence-electron chi connectivity index (χ2n) is 7.49. The Labute approximate surface area is 186 Å². The number of ketones is 1. The molecule has 1 aliphatic heterocycles. The average molecular weight is 447 g/mol. The normalized spacial score (nSPS) is 14.4. The van der Waals surface area contributed by atoms with Crippen molar-refractivity contribution >= 4 is 23.9 Å². The van der Waals surface area contributed by atoms with E-state index in [1.807, 2.05) is 17.9 Å². The number of carbonyl (C=O) groups is 1. The molecule has 0 atom stereocenters. The number of para-hydroxylation sites is 1. The molecule has 1 saturated heterocycles. The molecular formula is C23H25ClF2N4O. The summed E-state index contributed by atoms with van der Waals surface area (Å²) < 4.78 is 28.8. The first kappa shape index (κ1) is 22.9. The van der Waals surface area contributed by atoms with Crippen LogP contribution in [0.4, 0.5) is 14.5 Å². The standard InChI is InChI=1S/C23H24F2N4O.ClH/c1-17-20(16-26-29(17)19-8-6-18(24)7-9-19)23(30)10-11-27-12-14-28(15-13-27)22-5-3-2-4-21(22)25;/h2-9,16H,10-15H2,1H3;1H. The predicted octanol–water partition coefficient (Wildman–Crippen LogP) is 4.28. The molecule has 3 aromatic rings. The molecule has 31 heavy (non-hydrogen) atoms. The molecule has 8 heteroatoms. The molecule has 0 N–H and O–H groups in total. The van der Waals surface area contributed by atoms with Crippen molar-refractivity contribution in [1.82, 2.24) is 14.7 Å². The Morgan fingerprint density at radius 3 is 2.35 bits per heavy atom. The van der Waals surface area contributed by atoms with Crippen LogP contribution in [0.25, 0.3) is 5.69 Å². The summed E-state index contributed by atoms with van der Waals surface area (Å²) >= 11 is 0. The van der Waals surface area contributed by atoms with E-state index in [4.69, 9.17) is 0 Å². The predicted molar refractivity (Wildman–Crippen MR) is 120 cm³/mol. The number of halogens is 3. The van der Waals surface area contributed by atoms with E-state index in [-0.39, 0.29) is 29.8 Å². The number of hydrogen-bond donors (Lipinski definition) is 0. The number of rotatable bonds is 6. The van der Waals surface area contributed by atoms with Gasteiger partial charge in [-0.2, -0.15) is 5.10 Å². The van der Waals surface area contributed by atoms with Crippen molar-refractivity contribution in [3.63, 3.8) is 0 Å². The highest BCUT2D eigenvalue weighted by atomic mass is 35.5. The van der Waals surface area contributed by atoms with Crippen LogP contribution in [-0.2, 0) is 0 Å². The smallest absolute Gasteiger partial charge is 0.167 e. The number of hydrogen-bond acceptors (Lipinski definition) is 4. The molecule has 164 valence electrons. The lowest BCUT2D eigenvalue weighted by molar-refractivity contribution is 0.0962. The number of nitrogens with zero attached hydrogens (tertiary/aromatic N) is 4. The topological polar surface area (TPSA) is 41.4 Å². The van der Waals surface area contributed by atoms with Crippen molar-refractivity contribution < 1.29 is 13.6 Å². The lowest BCUT2D eigenvalue weighted by Crippen LogP contribution is -2.47. The van der Waals surface area contributed by atoms with E-state index in [0.717, 1.165) is 37.6 Å². The number of benzene rings is 2. The molecule has 1 aromatic heterocycles. The molecule has 5 nitrogen and oxygen atoms in total. The quantitative estimate of drug-likeness (QED) is 0.530. The Balaban J connectivity index is 0.00000272. The van der Waals surface area contributed by atoms with Gasteiger partial charge in [-0.05, 0) is 43.3 Å². The summed E-state index contributed by atoms with van der Waals surface area (Å²) in [6, 6.07) is 12.8. The van der Waals surface area contributed by atoms with Gasteiger partial charge in [-0.25, -0.2) is 13.5 Å². The third kappa shape index (κ3) is 5.11. The molecule has 0 aliphatic carbocycles. The highest BCUT2D eigenvalue weighted by Crippen LogP contribution is 2.21. The van der Waals surface area contributed by atoms with Gasteiger partial charge in [0.2, 0.25) is 0 Å². The maximum absolute atomic E-state index is 14.0. The fourth-order valence-corrected chi connectivity index (χ4v) is 3.84. The van der Waals surface area contributed by atoms with E-state index < -0.39 is 0 Å². The van der Waals surface area contributed by atoms with Gasteiger partial charge in [0.05, 0.1) is 28.8 Å². The van der Waals surface area contributed by atoms with E-state index in [1.54, 1.807) is 35.1 Å². The van der Waals surface area contributed by atoms with E-state index in [1.165, 1.54) is 18.2 Å². The molecule has 2 heterocycles. The molecule has 1 fully saturated rings. The van der Waals surface area contributed by atoms with Crippen LogP contribution in [0.3, 0.4) is 0 Å². The van der Waals surface area contributed by atoms with E-state index in [0.29, 0.717) is 24.2 Å². The van der Waals surface area contributed by atoms with Crippen molar-refractivity contribution in [3.05, 3.63) is 77.6 Å². The summed E-state index contributed by atoms with van der Waals surface area (Å²) in [7, 11) is 0. The SMILES string of the molecule is Cc1c(C(=O)CCN2CCN(c3ccccc3F)CC2)cnn1-c1ccc(F)cc1.Cl. The first-order valence-electron chi connectivity index (χ1n) is 10.1. The molecule has 0 saturated carbocycles. The number of piperazine rings is 1. The minimum atomic E-state index is -0.310. The molecule has 2 aromatic carbocycles. The zero-order valence-corrected chi connectivity index (χ0v) is 18.1. The highest BCUT2D eigenvalue weighted by molar-refractivity contribution is 5.97. The Morgan fingerprint density at radius 2 is 1.68 bits per heavy atom. The van der Waals surface area contributed by atoms with Crippen LogP contribution in [0.15, 0.2) is 54.7 Å². The zero-order valence-electron chi connectivity index (χ0n) is 17.3. The van der Waals surface area contributed by atoms with Crippen molar-refractivity contribution in [1.29, 1.82) is 0 Å². The van der Waals surface area contributed by atoms with Gasteiger partial charge in [-0.15, -0.1) is 12.4 Å². The van der Waals surface area contributed by atoms with Crippen molar-refractivity contribution in [2.45, 2.75) is 13.3 Å². The highest BCUT2D eigenvalue weighted by Gasteiger charge is 2.21. The van der Waals surface area contributed by atoms with Crippen LogP contribution in [0.2, 0.25) is 0 Å². The molecule has 0 radical (unpaired) electrons. The fourth-order valence-electron chi connectivity index (χ4n) is 3.84. The minimum absolute atomic E-state index is 0. The van der Waals surface area contributed by atoms with Crippen LogP contribution in [0, 0.1) is 18.6 Å². The zero-order chi connectivity index (χ0) is 21.1. The first-order chi connectivity index (χ1) is 14.5. The summed E-state index contributed by atoms with van der Waals surface area (Å²) in [6.45, 7) is 5.54. The van der Waals surface area contributed by atoms with Gasteiger partial charge in [-0.3, -0.25) is 9.69 Å². The lowest BCUT2D eigenvalue weighted by atomic mass is 10.1. The Kier molecular flexibility index (Phi) is 7.41. The summed E-state index contributed by atoms with van der Waals surface area (Å²) in [4.78, 5) is 17.0. The molecular weight excluding hydrogens is 422 g/mol. The molecule has 4 rings (SSSR count).